The molecule has 0 aliphatic heterocycles. The number of hydrogen-bond donors (Lipinski definition) is 0. The monoisotopic (exact) mass is 400 g/mol. The minimum absolute atomic E-state index is 0.104. The number of aromatic nitrogens is 3. The number of carbonyl (C=O) groups excluding carboxylic acids is 1. The molecule has 3 aromatic carbocycles. The van der Waals surface area contributed by atoms with Crippen molar-refractivity contribution in [2.24, 2.45) is 0 Å². The maximum Gasteiger partial charge on any atom is 0.383 e. The van der Waals surface area contributed by atoms with E-state index in [0.717, 1.165) is 11.3 Å². The summed E-state index contributed by atoms with van der Waals surface area (Å²) in [6.45, 7) is 0. The Balaban J connectivity index is 1.72. The maximum absolute atomic E-state index is 12.7. The van der Waals surface area contributed by atoms with Gasteiger partial charge in [0.2, 0.25) is 0 Å². The molecular weight excluding hydrogens is 388 g/mol. The zero-order chi connectivity index (χ0) is 20.2. The standard InChI is InChI=1S/C22H13ClN4O2/c23-18-13-15(14-24)11-12-19(18)29-22(28)20-25-21(16-7-3-1-4-8-16)27(26-20)17-9-5-2-6-10-17/h1-13H. The SMILES string of the molecule is N#Cc1ccc(OC(=O)c2nc(-c3ccccc3)n(-c3ccccc3)n2)c(Cl)c1. The first kappa shape index (κ1) is 18.4. The van der Waals surface area contributed by atoms with Crippen LogP contribution in [-0.4, -0.2) is 20.7 Å². The van der Waals surface area contributed by atoms with E-state index in [9.17, 15) is 4.79 Å². The van der Waals surface area contributed by atoms with Crippen LogP contribution in [0, 0.1) is 11.3 Å². The van der Waals surface area contributed by atoms with Crippen LogP contribution in [0.3, 0.4) is 0 Å². The first-order valence-electron chi connectivity index (χ1n) is 8.65. The third-order valence-electron chi connectivity index (χ3n) is 4.09. The lowest BCUT2D eigenvalue weighted by Crippen LogP contribution is -2.11. The number of rotatable bonds is 4. The van der Waals surface area contributed by atoms with E-state index < -0.39 is 5.97 Å². The average Bonchev–Trinajstić information content (AvgIpc) is 3.22. The smallest absolute Gasteiger partial charge is 0.383 e. The molecule has 0 bridgehead atoms. The zero-order valence-electron chi connectivity index (χ0n) is 15.0. The van der Waals surface area contributed by atoms with E-state index in [-0.39, 0.29) is 16.6 Å². The second-order valence-corrected chi connectivity index (χ2v) is 6.43. The minimum Gasteiger partial charge on any atom is -0.419 e. The number of halogens is 1. The summed E-state index contributed by atoms with van der Waals surface area (Å²) in [5.74, 6) is -0.209. The van der Waals surface area contributed by atoms with Crippen molar-refractivity contribution in [1.82, 2.24) is 14.8 Å². The van der Waals surface area contributed by atoms with Gasteiger partial charge in [0.15, 0.2) is 5.82 Å². The van der Waals surface area contributed by atoms with Crippen LogP contribution in [0.4, 0.5) is 0 Å². The summed E-state index contributed by atoms with van der Waals surface area (Å²) in [6.07, 6.45) is 0. The van der Waals surface area contributed by atoms with E-state index in [4.69, 9.17) is 21.6 Å². The van der Waals surface area contributed by atoms with E-state index in [2.05, 4.69) is 10.1 Å². The quantitative estimate of drug-likeness (QED) is 0.367. The van der Waals surface area contributed by atoms with Crippen molar-refractivity contribution >= 4 is 17.6 Å². The molecule has 0 N–H and O–H groups in total. The molecule has 4 rings (SSSR count). The fraction of sp³-hybridized carbons (Fsp3) is 0. The molecule has 0 saturated heterocycles. The van der Waals surface area contributed by atoms with Crippen molar-refractivity contribution in [3.63, 3.8) is 0 Å². The van der Waals surface area contributed by atoms with E-state index in [1.807, 2.05) is 66.7 Å². The highest BCUT2D eigenvalue weighted by molar-refractivity contribution is 6.32. The van der Waals surface area contributed by atoms with Gasteiger partial charge in [0.1, 0.15) is 5.75 Å². The topological polar surface area (TPSA) is 80.8 Å². The number of benzene rings is 3. The average molecular weight is 401 g/mol. The number of para-hydroxylation sites is 1. The summed E-state index contributed by atoms with van der Waals surface area (Å²) in [4.78, 5) is 17.1. The number of esters is 1. The number of ether oxygens (including phenoxy) is 1. The molecule has 0 atom stereocenters. The minimum atomic E-state index is -0.747. The van der Waals surface area contributed by atoms with Gasteiger partial charge in [-0.1, -0.05) is 60.1 Å². The maximum atomic E-state index is 12.7. The van der Waals surface area contributed by atoms with Crippen molar-refractivity contribution in [3.05, 3.63) is 95.3 Å². The summed E-state index contributed by atoms with van der Waals surface area (Å²) in [6, 6.07) is 25.2. The van der Waals surface area contributed by atoms with Gasteiger partial charge in [-0.05, 0) is 30.3 Å². The van der Waals surface area contributed by atoms with E-state index >= 15 is 0 Å². The van der Waals surface area contributed by atoms with Gasteiger partial charge >= 0.3 is 5.97 Å². The Morgan fingerprint density at radius 3 is 2.34 bits per heavy atom. The fourth-order valence-electron chi connectivity index (χ4n) is 2.72. The Hall–Kier alpha value is -3.95. The van der Waals surface area contributed by atoms with Gasteiger partial charge in [-0.15, -0.1) is 5.10 Å². The van der Waals surface area contributed by atoms with Crippen LogP contribution in [0.1, 0.15) is 16.2 Å². The van der Waals surface area contributed by atoms with Crippen LogP contribution in [-0.2, 0) is 0 Å². The van der Waals surface area contributed by atoms with Gasteiger partial charge in [-0.3, -0.25) is 0 Å². The predicted molar refractivity (Wildman–Crippen MR) is 108 cm³/mol. The van der Waals surface area contributed by atoms with E-state index in [0.29, 0.717) is 11.4 Å². The van der Waals surface area contributed by atoms with Crippen LogP contribution in [0.25, 0.3) is 17.1 Å². The lowest BCUT2D eigenvalue weighted by Gasteiger charge is -2.05. The van der Waals surface area contributed by atoms with Crippen LogP contribution in [0.2, 0.25) is 5.02 Å². The Morgan fingerprint density at radius 1 is 1.00 bits per heavy atom. The third kappa shape index (κ3) is 3.86. The number of nitriles is 1. The third-order valence-corrected chi connectivity index (χ3v) is 4.38. The van der Waals surface area contributed by atoms with Gasteiger partial charge in [-0.25, -0.2) is 14.5 Å². The highest BCUT2D eigenvalue weighted by Gasteiger charge is 2.21. The van der Waals surface area contributed by atoms with Crippen molar-refractivity contribution in [1.29, 1.82) is 5.26 Å². The predicted octanol–water partition coefficient (Wildman–Crippen LogP) is 4.68. The Morgan fingerprint density at radius 2 is 1.69 bits per heavy atom. The second kappa shape index (κ2) is 7.97. The second-order valence-electron chi connectivity index (χ2n) is 6.02. The molecule has 0 amide bonds. The van der Waals surface area contributed by atoms with Gasteiger partial charge in [0, 0.05) is 5.56 Å². The molecule has 0 saturated carbocycles. The van der Waals surface area contributed by atoms with Crippen LogP contribution < -0.4 is 4.74 Å². The van der Waals surface area contributed by atoms with Crippen molar-refractivity contribution in [2.75, 3.05) is 0 Å². The highest BCUT2D eigenvalue weighted by Crippen LogP contribution is 2.26. The number of hydrogen-bond acceptors (Lipinski definition) is 5. The van der Waals surface area contributed by atoms with Crippen molar-refractivity contribution in [3.8, 4) is 28.9 Å². The molecule has 0 aliphatic carbocycles. The lowest BCUT2D eigenvalue weighted by molar-refractivity contribution is 0.0722. The molecule has 29 heavy (non-hydrogen) atoms. The highest BCUT2D eigenvalue weighted by atomic mass is 35.5. The van der Waals surface area contributed by atoms with Crippen molar-refractivity contribution < 1.29 is 9.53 Å². The Kier molecular flexibility index (Phi) is 5.06. The molecule has 0 unspecified atom stereocenters. The largest absolute Gasteiger partial charge is 0.419 e. The first-order valence-corrected chi connectivity index (χ1v) is 9.03. The van der Waals surface area contributed by atoms with Gasteiger partial charge in [-0.2, -0.15) is 5.26 Å². The molecule has 0 spiro atoms. The molecule has 0 fully saturated rings. The fourth-order valence-corrected chi connectivity index (χ4v) is 2.94. The first-order chi connectivity index (χ1) is 14.2. The summed E-state index contributed by atoms with van der Waals surface area (Å²) in [7, 11) is 0. The lowest BCUT2D eigenvalue weighted by atomic mass is 10.2. The zero-order valence-corrected chi connectivity index (χ0v) is 15.7. The normalized spacial score (nSPS) is 10.3. The van der Waals surface area contributed by atoms with Crippen LogP contribution in [0.15, 0.2) is 78.9 Å². The van der Waals surface area contributed by atoms with Crippen LogP contribution >= 0.6 is 11.6 Å². The van der Waals surface area contributed by atoms with Gasteiger partial charge in [0.05, 0.1) is 22.3 Å². The molecule has 4 aromatic rings. The van der Waals surface area contributed by atoms with Crippen LogP contribution in [0.5, 0.6) is 5.75 Å². The molecule has 0 radical (unpaired) electrons. The molecule has 0 aliphatic rings. The summed E-state index contributed by atoms with van der Waals surface area (Å²) in [5.41, 5.74) is 1.93. The molecule has 7 heteroatoms. The molecule has 6 nitrogen and oxygen atoms in total. The molecule has 140 valence electrons. The van der Waals surface area contributed by atoms with E-state index in [1.54, 1.807) is 4.68 Å². The summed E-state index contributed by atoms with van der Waals surface area (Å²) >= 11 is 6.09. The number of nitrogens with zero attached hydrogens (tertiary/aromatic N) is 4. The Bertz CT molecular complexity index is 1160. The van der Waals surface area contributed by atoms with Crippen molar-refractivity contribution in [2.45, 2.75) is 0 Å². The molecular formula is C22H13ClN4O2. The molecule has 1 aromatic heterocycles. The van der Waals surface area contributed by atoms with Gasteiger partial charge < -0.3 is 4.74 Å². The summed E-state index contributed by atoms with van der Waals surface area (Å²) < 4.78 is 6.94. The Labute approximate surface area is 171 Å². The summed E-state index contributed by atoms with van der Waals surface area (Å²) in [5, 5.41) is 13.4. The molecule has 1 heterocycles. The number of carbonyl (C=O) groups is 1. The van der Waals surface area contributed by atoms with Gasteiger partial charge in [0.25, 0.3) is 5.82 Å². The van der Waals surface area contributed by atoms with E-state index in [1.165, 1.54) is 18.2 Å².